The molecule has 0 aromatic carbocycles. The van der Waals surface area contributed by atoms with Crippen molar-refractivity contribution in [3.05, 3.63) is 0 Å². The maximum atomic E-state index is 10.6. The molecule has 138 valence electrons. The summed E-state index contributed by atoms with van der Waals surface area (Å²) < 4.78 is 63.5. The average Bonchev–Trinajstić information content (AvgIpc) is 2.34. The first-order valence-electron chi connectivity index (χ1n) is 5.36. The van der Waals surface area contributed by atoms with Gasteiger partial charge >= 0.3 is 30.3 Å². The first-order chi connectivity index (χ1) is 10.1. The van der Waals surface area contributed by atoms with E-state index in [1.54, 1.807) is 0 Å². The summed E-state index contributed by atoms with van der Waals surface area (Å²) in [6, 6.07) is -0.742. The van der Waals surface area contributed by atoms with Gasteiger partial charge in [-0.15, -0.1) is 0 Å². The lowest BCUT2D eigenvalue weighted by atomic mass is 10.2. The standard InChI is InChI=1S/C5H12N2O2.2C2HF3O2/c6-3-1-2-4(7)5(8)9;2*3-2(4,5)1(6)7/h4H,1-3,6-7H2,(H,8,9);2*(H,6,7)/t4-;;/m0../s1. The van der Waals surface area contributed by atoms with Crippen LogP contribution in [-0.4, -0.2) is 58.2 Å². The summed E-state index contributed by atoms with van der Waals surface area (Å²) in [6.07, 6.45) is -9.03. The molecule has 8 nitrogen and oxygen atoms in total. The van der Waals surface area contributed by atoms with Gasteiger partial charge in [0, 0.05) is 0 Å². The summed E-state index contributed by atoms with van der Waals surface area (Å²) in [5.41, 5.74) is 10.3. The van der Waals surface area contributed by atoms with E-state index in [9.17, 15) is 31.1 Å². The van der Waals surface area contributed by atoms with Gasteiger partial charge in [0.2, 0.25) is 0 Å². The molecule has 0 aliphatic rings. The normalized spacial score (nSPS) is 12.0. The van der Waals surface area contributed by atoms with Crippen LogP contribution in [0.25, 0.3) is 0 Å². The van der Waals surface area contributed by atoms with Crippen LogP contribution >= 0.6 is 0 Å². The van der Waals surface area contributed by atoms with E-state index < -0.39 is 36.3 Å². The lowest BCUT2D eigenvalue weighted by molar-refractivity contribution is -0.193. The second-order valence-electron chi connectivity index (χ2n) is 3.48. The predicted octanol–water partition coefficient (Wildman–Crippen LogP) is 0.404. The van der Waals surface area contributed by atoms with Crippen LogP contribution in [0.5, 0.6) is 0 Å². The zero-order chi connectivity index (χ0) is 19.4. The molecule has 0 unspecified atom stereocenters. The number of carboxylic acid groups (broad SMARTS) is 3. The zero-order valence-corrected chi connectivity index (χ0v) is 11.2. The molecule has 0 fully saturated rings. The molecule has 0 spiro atoms. The molecule has 0 aliphatic carbocycles. The first-order valence-corrected chi connectivity index (χ1v) is 5.36. The first kappa shape index (κ1) is 25.8. The van der Waals surface area contributed by atoms with Crippen LogP contribution in [0.15, 0.2) is 0 Å². The Labute approximate surface area is 124 Å². The van der Waals surface area contributed by atoms with Gasteiger partial charge in [-0.1, -0.05) is 0 Å². The third-order valence-corrected chi connectivity index (χ3v) is 1.52. The molecule has 0 heterocycles. The van der Waals surface area contributed by atoms with Crippen LogP contribution in [0.3, 0.4) is 0 Å². The number of alkyl halides is 6. The van der Waals surface area contributed by atoms with Crippen molar-refractivity contribution in [2.24, 2.45) is 11.5 Å². The number of rotatable bonds is 4. The average molecular weight is 360 g/mol. The summed E-state index contributed by atoms with van der Waals surface area (Å²) in [7, 11) is 0. The van der Waals surface area contributed by atoms with Gasteiger partial charge < -0.3 is 26.8 Å². The molecule has 0 aliphatic heterocycles. The number of hydrogen-bond donors (Lipinski definition) is 5. The van der Waals surface area contributed by atoms with Crippen molar-refractivity contribution in [2.45, 2.75) is 31.2 Å². The van der Waals surface area contributed by atoms with Crippen LogP contribution in [0.1, 0.15) is 12.8 Å². The Hall–Kier alpha value is -2.09. The summed E-state index contributed by atoms with van der Waals surface area (Å²) in [5, 5.41) is 22.5. The fourth-order valence-corrected chi connectivity index (χ4v) is 0.461. The maximum absolute atomic E-state index is 10.6. The molecule has 14 heteroatoms. The molecule has 0 bridgehead atoms. The molecule has 23 heavy (non-hydrogen) atoms. The highest BCUT2D eigenvalue weighted by molar-refractivity contribution is 5.73. The van der Waals surface area contributed by atoms with E-state index in [-0.39, 0.29) is 0 Å². The number of nitrogens with two attached hydrogens (primary N) is 2. The topological polar surface area (TPSA) is 164 Å². The molecule has 0 saturated heterocycles. The maximum Gasteiger partial charge on any atom is 0.490 e. The highest BCUT2D eigenvalue weighted by Gasteiger charge is 2.38. The number of halogens is 6. The minimum atomic E-state index is -5.08. The SMILES string of the molecule is NCCC[C@H](N)C(=O)O.O=C(O)C(F)(F)F.O=C(O)C(F)(F)F. The molecule has 7 N–H and O–H groups in total. The van der Waals surface area contributed by atoms with Gasteiger partial charge in [0.25, 0.3) is 0 Å². The molecule has 0 aromatic heterocycles. The Morgan fingerprint density at radius 3 is 1.26 bits per heavy atom. The van der Waals surface area contributed by atoms with Crippen molar-refractivity contribution in [3.8, 4) is 0 Å². The molecule has 0 saturated carbocycles. The second kappa shape index (κ2) is 11.5. The second-order valence-corrected chi connectivity index (χ2v) is 3.48. The lowest BCUT2D eigenvalue weighted by Crippen LogP contribution is -2.30. The number of aliphatic carboxylic acids is 3. The third kappa shape index (κ3) is 19.9. The fraction of sp³-hybridized carbons (Fsp3) is 0.667. The van der Waals surface area contributed by atoms with Crippen molar-refractivity contribution in [2.75, 3.05) is 6.54 Å². The molecule has 1 atom stereocenters. The van der Waals surface area contributed by atoms with Gasteiger partial charge in [-0.3, -0.25) is 4.79 Å². The summed E-state index contributed by atoms with van der Waals surface area (Å²) in [6.45, 7) is 0.501. The van der Waals surface area contributed by atoms with Crippen LogP contribution in [0.4, 0.5) is 26.3 Å². The Kier molecular flexibility index (Phi) is 12.9. The van der Waals surface area contributed by atoms with Crippen molar-refractivity contribution < 1.29 is 56.0 Å². The van der Waals surface area contributed by atoms with Gasteiger partial charge in [0.05, 0.1) is 0 Å². The van der Waals surface area contributed by atoms with E-state index in [1.165, 1.54) is 0 Å². The van der Waals surface area contributed by atoms with Crippen LogP contribution in [-0.2, 0) is 14.4 Å². The molecule has 0 aromatic rings. The highest BCUT2D eigenvalue weighted by atomic mass is 19.4. The van der Waals surface area contributed by atoms with Gasteiger partial charge in [-0.25, -0.2) is 9.59 Å². The molecule has 0 amide bonds. The lowest BCUT2D eigenvalue weighted by Gasteiger charge is -2.02. The van der Waals surface area contributed by atoms with Gasteiger partial charge in [-0.2, -0.15) is 26.3 Å². The van der Waals surface area contributed by atoms with E-state index in [1.807, 2.05) is 0 Å². The van der Waals surface area contributed by atoms with Crippen molar-refractivity contribution in [1.82, 2.24) is 0 Å². The van der Waals surface area contributed by atoms with E-state index in [0.29, 0.717) is 19.4 Å². The van der Waals surface area contributed by atoms with Gasteiger partial charge in [0.1, 0.15) is 6.04 Å². The monoisotopic (exact) mass is 360 g/mol. The zero-order valence-electron chi connectivity index (χ0n) is 11.2. The van der Waals surface area contributed by atoms with Crippen molar-refractivity contribution in [1.29, 1.82) is 0 Å². The van der Waals surface area contributed by atoms with E-state index in [4.69, 9.17) is 36.4 Å². The fourth-order valence-electron chi connectivity index (χ4n) is 0.461. The van der Waals surface area contributed by atoms with E-state index in [0.717, 1.165) is 0 Å². The summed E-state index contributed by atoms with van der Waals surface area (Å²) >= 11 is 0. The quantitative estimate of drug-likeness (QED) is 0.450. The predicted molar refractivity (Wildman–Crippen MR) is 61.3 cm³/mol. The summed E-state index contributed by atoms with van der Waals surface area (Å²) in [5.74, 6) is -6.47. The molecule has 0 rings (SSSR count). The van der Waals surface area contributed by atoms with E-state index >= 15 is 0 Å². The third-order valence-electron chi connectivity index (χ3n) is 1.52. The minimum absolute atomic E-state index is 0.464. The van der Waals surface area contributed by atoms with Gasteiger partial charge in [0.15, 0.2) is 0 Å². The number of hydrogen-bond acceptors (Lipinski definition) is 5. The van der Waals surface area contributed by atoms with Gasteiger partial charge in [-0.05, 0) is 19.4 Å². The summed E-state index contributed by atoms with van der Waals surface area (Å²) in [4.78, 5) is 27.8. The van der Waals surface area contributed by atoms with Crippen molar-refractivity contribution in [3.63, 3.8) is 0 Å². The highest BCUT2D eigenvalue weighted by Crippen LogP contribution is 2.13. The Balaban J connectivity index is -0.000000264. The molecular weight excluding hydrogens is 346 g/mol. The Bertz CT molecular complexity index is 360. The number of carbonyl (C=O) groups is 3. The Morgan fingerprint density at radius 1 is 0.870 bits per heavy atom. The van der Waals surface area contributed by atoms with E-state index in [2.05, 4.69) is 0 Å². The van der Waals surface area contributed by atoms with Crippen LogP contribution in [0, 0.1) is 0 Å². The molecular formula is C9H14F6N2O6. The number of carboxylic acids is 3. The molecule has 0 radical (unpaired) electrons. The Morgan fingerprint density at radius 2 is 1.13 bits per heavy atom. The smallest absolute Gasteiger partial charge is 0.480 e. The van der Waals surface area contributed by atoms with Crippen LogP contribution in [0.2, 0.25) is 0 Å². The van der Waals surface area contributed by atoms with Crippen LogP contribution < -0.4 is 11.5 Å². The largest absolute Gasteiger partial charge is 0.490 e. The van der Waals surface area contributed by atoms with Crippen molar-refractivity contribution >= 4 is 17.9 Å². The minimum Gasteiger partial charge on any atom is -0.480 e.